The number of guanidine groups is 1. The number of fused-ring (bicyclic) bond motifs is 1. The van der Waals surface area contributed by atoms with Crippen LogP contribution in [0.2, 0.25) is 0 Å². The first kappa shape index (κ1) is 20.9. The zero-order valence-corrected chi connectivity index (χ0v) is 17.3. The molecule has 3 rings (SSSR count). The van der Waals surface area contributed by atoms with Gasteiger partial charge >= 0.3 is 0 Å². The number of pyridine rings is 1. The Bertz CT molecular complexity index is 826. The van der Waals surface area contributed by atoms with Crippen molar-refractivity contribution in [2.24, 2.45) is 4.99 Å². The number of hydrogen-bond acceptors (Lipinski definition) is 5. The molecule has 0 bridgehead atoms. The van der Waals surface area contributed by atoms with Crippen LogP contribution in [-0.2, 0) is 13.0 Å². The van der Waals surface area contributed by atoms with Crippen LogP contribution < -0.4 is 20.1 Å². The highest BCUT2D eigenvalue weighted by Crippen LogP contribution is 2.35. The van der Waals surface area contributed by atoms with Crippen LogP contribution in [-0.4, -0.2) is 41.9 Å². The number of hydrogen-bond donors (Lipinski definition) is 3. The van der Waals surface area contributed by atoms with Gasteiger partial charge in [-0.3, -0.25) is 4.98 Å². The number of aliphatic imine (C=N–C) groups is 1. The molecule has 2 unspecified atom stereocenters. The molecule has 1 aromatic carbocycles. The van der Waals surface area contributed by atoms with Gasteiger partial charge in [-0.05, 0) is 50.6 Å². The van der Waals surface area contributed by atoms with E-state index < -0.39 is 6.10 Å². The smallest absolute Gasteiger partial charge is 0.191 e. The summed E-state index contributed by atoms with van der Waals surface area (Å²) in [6.45, 7) is 8.17. The maximum absolute atomic E-state index is 10.4. The highest BCUT2D eigenvalue weighted by molar-refractivity contribution is 5.79. The number of aromatic nitrogens is 1. The van der Waals surface area contributed by atoms with E-state index in [1.165, 1.54) is 5.56 Å². The Labute approximate surface area is 172 Å². The maximum atomic E-state index is 10.4. The second-order valence-corrected chi connectivity index (χ2v) is 7.01. The maximum Gasteiger partial charge on any atom is 0.191 e. The van der Waals surface area contributed by atoms with Gasteiger partial charge in [0.2, 0.25) is 0 Å². The van der Waals surface area contributed by atoms with Crippen molar-refractivity contribution in [3.8, 4) is 11.5 Å². The molecule has 3 N–H and O–H groups in total. The molecular formula is C22H30N4O3. The minimum absolute atomic E-state index is 0.187. The first-order chi connectivity index (χ1) is 14.1. The van der Waals surface area contributed by atoms with Gasteiger partial charge in [-0.1, -0.05) is 0 Å². The molecule has 0 amide bonds. The summed E-state index contributed by atoms with van der Waals surface area (Å²) in [6.07, 6.45) is 3.78. The molecule has 0 saturated heterocycles. The lowest BCUT2D eigenvalue weighted by molar-refractivity contribution is 0.180. The van der Waals surface area contributed by atoms with Gasteiger partial charge in [-0.2, -0.15) is 0 Å². The van der Waals surface area contributed by atoms with Gasteiger partial charge in [0.1, 0.15) is 17.6 Å². The largest absolute Gasteiger partial charge is 0.494 e. The molecule has 7 nitrogen and oxygen atoms in total. The van der Waals surface area contributed by atoms with Crippen LogP contribution in [0.5, 0.6) is 11.5 Å². The second-order valence-electron chi connectivity index (χ2n) is 7.01. The summed E-state index contributed by atoms with van der Waals surface area (Å²) in [5.41, 5.74) is 2.97. The summed E-state index contributed by atoms with van der Waals surface area (Å²) in [4.78, 5) is 8.65. The zero-order valence-electron chi connectivity index (χ0n) is 17.3. The van der Waals surface area contributed by atoms with Gasteiger partial charge in [-0.25, -0.2) is 4.99 Å². The number of aliphatic hydroxyl groups is 1. The predicted molar refractivity (Wildman–Crippen MR) is 113 cm³/mol. The van der Waals surface area contributed by atoms with Gasteiger partial charge in [-0.15, -0.1) is 0 Å². The van der Waals surface area contributed by atoms with E-state index >= 15 is 0 Å². The van der Waals surface area contributed by atoms with Crippen molar-refractivity contribution in [2.45, 2.75) is 45.9 Å². The Morgan fingerprint density at radius 3 is 2.83 bits per heavy atom. The number of aliphatic hydroxyl groups excluding tert-OH is 1. The molecule has 0 radical (unpaired) electrons. The molecule has 0 fully saturated rings. The normalized spacial score (nSPS) is 16.7. The minimum atomic E-state index is -0.643. The van der Waals surface area contributed by atoms with E-state index in [0.29, 0.717) is 25.7 Å². The van der Waals surface area contributed by atoms with Crippen molar-refractivity contribution in [1.29, 1.82) is 0 Å². The van der Waals surface area contributed by atoms with Crippen LogP contribution in [0, 0.1) is 0 Å². The quantitative estimate of drug-likeness (QED) is 0.468. The molecule has 2 aromatic rings. The van der Waals surface area contributed by atoms with Gasteiger partial charge in [0, 0.05) is 43.0 Å². The van der Waals surface area contributed by atoms with Crippen LogP contribution in [0.4, 0.5) is 0 Å². The van der Waals surface area contributed by atoms with Crippen molar-refractivity contribution in [3.63, 3.8) is 0 Å². The highest BCUT2D eigenvalue weighted by atomic mass is 16.5. The Balaban J connectivity index is 1.70. The lowest BCUT2D eigenvalue weighted by atomic mass is 10.1. The summed E-state index contributed by atoms with van der Waals surface area (Å²) in [7, 11) is 0. The van der Waals surface area contributed by atoms with E-state index in [0.717, 1.165) is 35.6 Å². The van der Waals surface area contributed by atoms with Gasteiger partial charge in [0.15, 0.2) is 5.96 Å². The summed E-state index contributed by atoms with van der Waals surface area (Å²) < 4.78 is 11.7. The second kappa shape index (κ2) is 10.1. The average molecular weight is 399 g/mol. The summed E-state index contributed by atoms with van der Waals surface area (Å²) in [5, 5.41) is 16.8. The van der Waals surface area contributed by atoms with E-state index in [4.69, 9.17) is 9.47 Å². The fraction of sp³-hybridized carbons (Fsp3) is 0.455. The number of rotatable bonds is 8. The van der Waals surface area contributed by atoms with Crippen LogP contribution in [0.1, 0.15) is 43.6 Å². The lowest BCUT2D eigenvalue weighted by Gasteiger charge is -2.16. The van der Waals surface area contributed by atoms with Crippen LogP contribution >= 0.6 is 0 Å². The minimum Gasteiger partial charge on any atom is -0.494 e. The van der Waals surface area contributed by atoms with Gasteiger partial charge in [0.05, 0.1) is 19.3 Å². The van der Waals surface area contributed by atoms with Crippen LogP contribution in [0.15, 0.2) is 41.7 Å². The van der Waals surface area contributed by atoms with Crippen molar-refractivity contribution < 1.29 is 14.6 Å². The monoisotopic (exact) mass is 398 g/mol. The summed E-state index contributed by atoms with van der Waals surface area (Å²) in [5.74, 6) is 2.40. The van der Waals surface area contributed by atoms with E-state index in [9.17, 15) is 5.11 Å². The number of nitrogens with one attached hydrogen (secondary N) is 2. The SMILES string of the molecule is CCNC(=NCc1cc2c(cc1OCC)CC(C)O2)NCC(O)c1ccncc1. The molecule has 0 saturated carbocycles. The first-order valence-corrected chi connectivity index (χ1v) is 10.2. The zero-order chi connectivity index (χ0) is 20.6. The molecule has 2 atom stereocenters. The standard InChI is InChI=1S/C22H30N4O3/c1-4-24-22(26-14-19(27)16-6-8-23-9-7-16)25-13-18-12-21-17(10-15(3)29-21)11-20(18)28-5-2/h6-9,11-12,15,19,27H,4-5,10,13-14H2,1-3H3,(H2,24,25,26). The molecule has 0 aliphatic carbocycles. The van der Waals surface area contributed by atoms with Crippen molar-refractivity contribution >= 4 is 5.96 Å². The molecule has 7 heteroatoms. The third-order valence-corrected chi connectivity index (χ3v) is 4.68. The van der Waals surface area contributed by atoms with Crippen LogP contribution in [0.25, 0.3) is 0 Å². The molecule has 29 heavy (non-hydrogen) atoms. The summed E-state index contributed by atoms with van der Waals surface area (Å²) in [6, 6.07) is 7.70. The molecule has 1 aromatic heterocycles. The van der Waals surface area contributed by atoms with E-state index in [1.54, 1.807) is 24.5 Å². The molecule has 2 heterocycles. The third-order valence-electron chi connectivity index (χ3n) is 4.68. The topological polar surface area (TPSA) is 88.0 Å². The van der Waals surface area contributed by atoms with E-state index in [-0.39, 0.29) is 6.10 Å². The third kappa shape index (κ3) is 5.60. The highest BCUT2D eigenvalue weighted by Gasteiger charge is 2.21. The number of benzene rings is 1. The first-order valence-electron chi connectivity index (χ1n) is 10.2. The molecule has 1 aliphatic rings. The summed E-state index contributed by atoms with van der Waals surface area (Å²) >= 11 is 0. The van der Waals surface area contributed by atoms with E-state index in [2.05, 4.69) is 33.6 Å². The van der Waals surface area contributed by atoms with Crippen molar-refractivity contribution in [2.75, 3.05) is 19.7 Å². The van der Waals surface area contributed by atoms with Crippen molar-refractivity contribution in [1.82, 2.24) is 15.6 Å². The molecule has 156 valence electrons. The Hall–Kier alpha value is -2.80. The number of nitrogens with zero attached hydrogens (tertiary/aromatic N) is 2. The fourth-order valence-electron chi connectivity index (χ4n) is 3.30. The Morgan fingerprint density at radius 2 is 2.10 bits per heavy atom. The van der Waals surface area contributed by atoms with Gasteiger partial charge < -0.3 is 25.2 Å². The van der Waals surface area contributed by atoms with Crippen LogP contribution in [0.3, 0.4) is 0 Å². The van der Waals surface area contributed by atoms with Crippen molar-refractivity contribution in [3.05, 3.63) is 53.3 Å². The molecule has 0 spiro atoms. The Kier molecular flexibility index (Phi) is 7.30. The average Bonchev–Trinajstić information content (AvgIpc) is 3.09. The molecule has 1 aliphatic heterocycles. The Morgan fingerprint density at radius 1 is 1.31 bits per heavy atom. The lowest BCUT2D eigenvalue weighted by Crippen LogP contribution is -2.39. The molecular weight excluding hydrogens is 368 g/mol. The van der Waals surface area contributed by atoms with Gasteiger partial charge in [0.25, 0.3) is 0 Å². The fourth-order valence-corrected chi connectivity index (χ4v) is 3.30. The van der Waals surface area contributed by atoms with E-state index in [1.807, 2.05) is 19.9 Å². The predicted octanol–water partition coefficient (Wildman–Crippen LogP) is 2.59. The number of ether oxygens (including phenoxy) is 2.